The van der Waals surface area contributed by atoms with E-state index in [0.717, 1.165) is 22.8 Å². The lowest BCUT2D eigenvalue weighted by atomic mass is 10.1. The molecule has 1 aromatic carbocycles. The lowest BCUT2D eigenvalue weighted by Gasteiger charge is -2.24. The number of likely N-dealkylation sites (N-methyl/N-ethyl adjacent to an activating group) is 1. The second kappa shape index (κ2) is 9.69. The first-order valence-corrected chi connectivity index (χ1v) is 10.1. The van der Waals surface area contributed by atoms with E-state index < -0.39 is 0 Å². The van der Waals surface area contributed by atoms with Gasteiger partial charge in [0, 0.05) is 18.5 Å². The van der Waals surface area contributed by atoms with Crippen molar-refractivity contribution < 1.29 is 9.59 Å². The molecular weight excluding hydrogens is 366 g/mol. The van der Waals surface area contributed by atoms with Gasteiger partial charge in [0.15, 0.2) is 0 Å². The monoisotopic (exact) mass is 399 g/mol. The number of anilines is 1. The molecule has 1 aromatic heterocycles. The van der Waals surface area contributed by atoms with Gasteiger partial charge in [-0.1, -0.05) is 25.1 Å². The molecule has 0 atom stereocenters. The van der Waals surface area contributed by atoms with E-state index in [4.69, 9.17) is 0 Å². The third kappa shape index (κ3) is 6.71. The average molecular weight is 400 g/mol. The third-order valence-corrected chi connectivity index (χ3v) is 4.54. The Labute approximate surface area is 173 Å². The maximum atomic E-state index is 12.5. The van der Waals surface area contributed by atoms with Crippen LogP contribution in [-0.4, -0.2) is 51.7 Å². The van der Waals surface area contributed by atoms with Crippen LogP contribution in [0.2, 0.25) is 0 Å². The summed E-state index contributed by atoms with van der Waals surface area (Å²) in [6.07, 6.45) is 0.312. The number of aromatic nitrogens is 2. The molecule has 158 valence electrons. The summed E-state index contributed by atoms with van der Waals surface area (Å²) in [6, 6.07) is 9.83. The van der Waals surface area contributed by atoms with Crippen molar-refractivity contribution >= 4 is 17.5 Å². The van der Waals surface area contributed by atoms with E-state index in [0.29, 0.717) is 19.5 Å². The van der Waals surface area contributed by atoms with E-state index in [2.05, 4.69) is 15.7 Å². The molecule has 0 saturated heterocycles. The van der Waals surface area contributed by atoms with Gasteiger partial charge in [0.2, 0.25) is 11.8 Å². The molecule has 7 nitrogen and oxygen atoms in total. The smallest absolute Gasteiger partial charge is 0.234 e. The number of carbonyl (C=O) groups is 2. The maximum Gasteiger partial charge on any atom is 0.234 e. The summed E-state index contributed by atoms with van der Waals surface area (Å²) in [7, 11) is 0. The fraction of sp³-hybridized carbons (Fsp3) is 0.500. The van der Waals surface area contributed by atoms with Gasteiger partial charge in [0.05, 0.1) is 29.3 Å². The average Bonchev–Trinajstić information content (AvgIpc) is 2.92. The zero-order valence-electron chi connectivity index (χ0n) is 18.4. The number of aryl methyl sites for hydroxylation is 1. The van der Waals surface area contributed by atoms with E-state index in [-0.39, 0.29) is 23.9 Å². The third-order valence-electron chi connectivity index (χ3n) is 4.54. The maximum absolute atomic E-state index is 12.5. The summed E-state index contributed by atoms with van der Waals surface area (Å²) >= 11 is 0. The highest BCUT2D eigenvalue weighted by molar-refractivity contribution is 5.92. The number of nitrogens with one attached hydrogen (secondary N) is 2. The molecule has 29 heavy (non-hydrogen) atoms. The first-order chi connectivity index (χ1) is 13.6. The summed E-state index contributed by atoms with van der Waals surface area (Å²) in [4.78, 5) is 26.6. The van der Waals surface area contributed by atoms with Gasteiger partial charge in [0.1, 0.15) is 0 Å². The summed E-state index contributed by atoms with van der Waals surface area (Å²) < 4.78 is 1.83. The van der Waals surface area contributed by atoms with Crippen LogP contribution in [0.1, 0.15) is 45.5 Å². The lowest BCUT2D eigenvalue weighted by molar-refractivity contribution is -0.124. The van der Waals surface area contributed by atoms with Crippen LogP contribution < -0.4 is 10.6 Å². The summed E-state index contributed by atoms with van der Waals surface area (Å²) in [5.74, 6) is -0.117. The van der Waals surface area contributed by atoms with Gasteiger partial charge in [0.25, 0.3) is 0 Å². The van der Waals surface area contributed by atoms with Crippen LogP contribution in [-0.2, 0) is 9.59 Å². The highest BCUT2D eigenvalue weighted by atomic mass is 16.2. The number of para-hydroxylation sites is 1. The van der Waals surface area contributed by atoms with E-state index in [1.54, 1.807) is 0 Å². The molecule has 0 aliphatic carbocycles. The number of nitrogens with zero attached hydrogens (tertiary/aromatic N) is 3. The highest BCUT2D eigenvalue weighted by Gasteiger charge is 2.18. The molecule has 0 unspecified atom stereocenters. The fourth-order valence-corrected chi connectivity index (χ4v) is 3.12. The minimum atomic E-state index is -0.262. The number of hydrogen-bond donors (Lipinski definition) is 2. The van der Waals surface area contributed by atoms with Crippen molar-refractivity contribution in [1.82, 2.24) is 20.0 Å². The predicted molar refractivity (Wildman–Crippen MR) is 116 cm³/mol. The molecule has 0 saturated carbocycles. The van der Waals surface area contributed by atoms with Crippen molar-refractivity contribution in [3.05, 3.63) is 41.7 Å². The molecule has 0 radical (unpaired) electrons. The van der Waals surface area contributed by atoms with Crippen molar-refractivity contribution in [3.63, 3.8) is 0 Å². The first kappa shape index (κ1) is 22.6. The van der Waals surface area contributed by atoms with E-state index >= 15 is 0 Å². The molecule has 2 amide bonds. The minimum Gasteiger partial charge on any atom is -0.350 e. The van der Waals surface area contributed by atoms with Crippen molar-refractivity contribution in [2.75, 3.05) is 25.0 Å². The molecule has 7 heteroatoms. The topological polar surface area (TPSA) is 79.3 Å². The Hall–Kier alpha value is -2.67. The van der Waals surface area contributed by atoms with Gasteiger partial charge in [-0.15, -0.1) is 0 Å². The molecule has 0 spiro atoms. The summed E-state index contributed by atoms with van der Waals surface area (Å²) in [5.41, 5.74) is 3.10. The Kier molecular flexibility index (Phi) is 7.56. The Morgan fingerprint density at radius 3 is 2.34 bits per heavy atom. The highest BCUT2D eigenvalue weighted by Crippen LogP contribution is 2.22. The minimum absolute atomic E-state index is 0.0319. The van der Waals surface area contributed by atoms with Crippen LogP contribution in [0.5, 0.6) is 0 Å². The summed E-state index contributed by atoms with van der Waals surface area (Å²) in [5, 5.41) is 10.5. The number of rotatable bonds is 8. The van der Waals surface area contributed by atoms with Crippen LogP contribution >= 0.6 is 0 Å². The van der Waals surface area contributed by atoms with Crippen LogP contribution in [0.15, 0.2) is 30.3 Å². The number of amides is 2. The molecule has 2 N–H and O–H groups in total. The largest absolute Gasteiger partial charge is 0.350 e. The van der Waals surface area contributed by atoms with Crippen LogP contribution in [0.25, 0.3) is 5.69 Å². The quantitative estimate of drug-likeness (QED) is 0.715. The second-order valence-electron chi connectivity index (χ2n) is 8.26. The second-order valence-corrected chi connectivity index (χ2v) is 8.26. The Morgan fingerprint density at radius 1 is 1.10 bits per heavy atom. The van der Waals surface area contributed by atoms with Crippen LogP contribution in [0.4, 0.5) is 5.69 Å². The van der Waals surface area contributed by atoms with Crippen LogP contribution in [0, 0.1) is 13.8 Å². The zero-order valence-corrected chi connectivity index (χ0v) is 18.4. The van der Waals surface area contributed by atoms with Gasteiger partial charge in [-0.05, 0) is 53.3 Å². The van der Waals surface area contributed by atoms with Crippen molar-refractivity contribution in [2.45, 2.75) is 53.5 Å². The summed E-state index contributed by atoms with van der Waals surface area (Å²) in [6.45, 7) is 13.2. The van der Waals surface area contributed by atoms with Gasteiger partial charge in [-0.2, -0.15) is 5.10 Å². The number of benzene rings is 1. The SMILES string of the molecule is CCN(CCC(=O)Nc1c(C)nn(-c2ccccc2)c1C)CC(=O)NC(C)(C)C. The van der Waals surface area contributed by atoms with Crippen molar-refractivity contribution in [2.24, 2.45) is 0 Å². The van der Waals surface area contributed by atoms with Gasteiger partial charge < -0.3 is 10.6 Å². The Morgan fingerprint density at radius 2 is 1.76 bits per heavy atom. The predicted octanol–water partition coefficient (Wildman–Crippen LogP) is 3.05. The molecule has 0 aliphatic heterocycles. The Bertz CT molecular complexity index is 837. The normalized spacial score (nSPS) is 11.6. The molecule has 2 rings (SSSR count). The van der Waals surface area contributed by atoms with E-state index in [1.807, 2.05) is 81.5 Å². The molecule has 2 aromatic rings. The number of hydrogen-bond acceptors (Lipinski definition) is 4. The Balaban J connectivity index is 1.95. The number of carbonyl (C=O) groups excluding carboxylic acids is 2. The molecule has 0 fully saturated rings. The zero-order chi connectivity index (χ0) is 21.6. The molecule has 0 bridgehead atoms. The van der Waals surface area contributed by atoms with Gasteiger partial charge in [-0.25, -0.2) is 4.68 Å². The van der Waals surface area contributed by atoms with E-state index in [9.17, 15) is 9.59 Å². The van der Waals surface area contributed by atoms with Gasteiger partial charge >= 0.3 is 0 Å². The van der Waals surface area contributed by atoms with Crippen molar-refractivity contribution in [1.29, 1.82) is 0 Å². The molecule has 1 heterocycles. The molecule has 0 aliphatic rings. The molecular formula is C22H33N5O2. The lowest BCUT2D eigenvalue weighted by Crippen LogP contribution is -2.46. The van der Waals surface area contributed by atoms with Gasteiger partial charge in [-0.3, -0.25) is 14.5 Å². The van der Waals surface area contributed by atoms with Crippen LogP contribution in [0.3, 0.4) is 0 Å². The van der Waals surface area contributed by atoms with Crippen molar-refractivity contribution in [3.8, 4) is 5.69 Å². The first-order valence-electron chi connectivity index (χ1n) is 10.1. The fourth-order valence-electron chi connectivity index (χ4n) is 3.12. The van der Waals surface area contributed by atoms with E-state index in [1.165, 1.54) is 0 Å². The standard InChI is InChI=1S/C22H33N5O2/c1-7-26(15-20(29)24-22(4,5)6)14-13-19(28)23-21-16(2)25-27(17(21)3)18-11-9-8-10-12-18/h8-12H,7,13-15H2,1-6H3,(H,23,28)(H,24,29).